The highest BCUT2D eigenvalue weighted by Crippen LogP contribution is 2.31. The zero-order chi connectivity index (χ0) is 15.2. The first kappa shape index (κ1) is 15.6. The fourth-order valence-corrected chi connectivity index (χ4v) is 2.80. The minimum atomic E-state index is 0.0145. The zero-order valence-corrected chi connectivity index (χ0v) is 13.0. The van der Waals surface area contributed by atoms with Crippen molar-refractivity contribution in [1.82, 2.24) is 10.2 Å². The number of methoxy groups -OCH3 is 2. The fourth-order valence-electron chi connectivity index (χ4n) is 2.80. The van der Waals surface area contributed by atoms with Crippen LogP contribution in [0.15, 0.2) is 18.2 Å². The number of benzene rings is 1. The lowest BCUT2D eigenvalue weighted by atomic mass is 10.0. The Balaban J connectivity index is 2.11. The van der Waals surface area contributed by atoms with Crippen molar-refractivity contribution in [3.8, 4) is 11.5 Å². The summed E-state index contributed by atoms with van der Waals surface area (Å²) in [5, 5.41) is 3.44. The van der Waals surface area contributed by atoms with Crippen molar-refractivity contribution in [1.29, 1.82) is 0 Å². The zero-order valence-electron chi connectivity index (χ0n) is 13.0. The number of rotatable bonds is 5. The van der Waals surface area contributed by atoms with Gasteiger partial charge in [-0.05, 0) is 31.5 Å². The monoisotopic (exact) mass is 292 g/mol. The van der Waals surface area contributed by atoms with Crippen molar-refractivity contribution < 1.29 is 14.3 Å². The molecular formula is C16H24N2O3. The molecule has 21 heavy (non-hydrogen) atoms. The number of piperidine rings is 1. The number of amides is 1. The molecule has 1 amide bonds. The van der Waals surface area contributed by atoms with Crippen LogP contribution in [0.2, 0.25) is 0 Å². The lowest BCUT2D eigenvalue weighted by Gasteiger charge is -2.32. The first-order valence-corrected chi connectivity index (χ1v) is 7.44. The number of para-hydroxylation sites is 1. The maximum absolute atomic E-state index is 12.7. The van der Waals surface area contributed by atoms with Gasteiger partial charge >= 0.3 is 0 Å². The number of nitrogens with one attached hydrogen (secondary N) is 1. The summed E-state index contributed by atoms with van der Waals surface area (Å²) in [6.07, 6.45) is 1.98. The Morgan fingerprint density at radius 1 is 1.29 bits per heavy atom. The highest BCUT2D eigenvalue weighted by atomic mass is 16.5. The number of nitrogens with zero attached hydrogens (tertiary/aromatic N) is 1. The van der Waals surface area contributed by atoms with Crippen LogP contribution >= 0.6 is 0 Å². The van der Waals surface area contributed by atoms with Crippen molar-refractivity contribution in [3.63, 3.8) is 0 Å². The number of hydrogen-bond donors (Lipinski definition) is 1. The van der Waals surface area contributed by atoms with Crippen LogP contribution in [-0.2, 0) is 0 Å². The lowest BCUT2D eigenvalue weighted by molar-refractivity contribution is 0.0702. The molecule has 1 heterocycles. The van der Waals surface area contributed by atoms with Crippen LogP contribution in [0.3, 0.4) is 0 Å². The molecule has 0 aromatic heterocycles. The molecule has 0 saturated carbocycles. The maximum atomic E-state index is 12.7. The van der Waals surface area contributed by atoms with Crippen molar-refractivity contribution in [3.05, 3.63) is 23.8 Å². The molecule has 5 nitrogen and oxygen atoms in total. The van der Waals surface area contributed by atoms with Gasteiger partial charge in [-0.25, -0.2) is 0 Å². The molecule has 2 rings (SSSR count). The van der Waals surface area contributed by atoms with Gasteiger partial charge in [0.05, 0.1) is 19.8 Å². The Labute approximate surface area is 126 Å². The van der Waals surface area contributed by atoms with Crippen molar-refractivity contribution >= 4 is 5.91 Å². The predicted molar refractivity (Wildman–Crippen MR) is 82.1 cm³/mol. The average molecular weight is 292 g/mol. The molecule has 0 atom stereocenters. The smallest absolute Gasteiger partial charge is 0.257 e. The predicted octanol–water partition coefficient (Wildman–Crippen LogP) is 1.92. The molecule has 1 saturated heterocycles. The summed E-state index contributed by atoms with van der Waals surface area (Å²) in [4.78, 5) is 14.6. The quantitative estimate of drug-likeness (QED) is 0.901. The Kier molecular flexibility index (Phi) is 5.44. The van der Waals surface area contributed by atoms with E-state index < -0.39 is 0 Å². The fraction of sp³-hybridized carbons (Fsp3) is 0.562. The van der Waals surface area contributed by atoms with Crippen molar-refractivity contribution in [2.24, 2.45) is 0 Å². The Morgan fingerprint density at radius 3 is 2.57 bits per heavy atom. The van der Waals surface area contributed by atoms with E-state index in [4.69, 9.17) is 9.47 Å². The van der Waals surface area contributed by atoms with Crippen LogP contribution in [0.25, 0.3) is 0 Å². The largest absolute Gasteiger partial charge is 0.493 e. The molecule has 0 aliphatic carbocycles. The van der Waals surface area contributed by atoms with Crippen LogP contribution in [0, 0.1) is 0 Å². The van der Waals surface area contributed by atoms with Crippen LogP contribution < -0.4 is 14.8 Å². The van der Waals surface area contributed by atoms with Gasteiger partial charge in [-0.1, -0.05) is 13.0 Å². The molecule has 0 spiro atoms. The van der Waals surface area contributed by atoms with Gasteiger partial charge in [-0.15, -0.1) is 0 Å². The second-order valence-corrected chi connectivity index (χ2v) is 5.17. The summed E-state index contributed by atoms with van der Waals surface area (Å²) in [6, 6.07) is 5.93. The Hall–Kier alpha value is -1.75. The molecule has 1 aliphatic rings. The van der Waals surface area contributed by atoms with Gasteiger partial charge in [-0.2, -0.15) is 0 Å². The maximum Gasteiger partial charge on any atom is 0.257 e. The highest BCUT2D eigenvalue weighted by Gasteiger charge is 2.26. The third kappa shape index (κ3) is 3.47. The second kappa shape index (κ2) is 7.31. The van der Waals surface area contributed by atoms with E-state index in [-0.39, 0.29) is 5.91 Å². The van der Waals surface area contributed by atoms with Crippen LogP contribution in [-0.4, -0.2) is 50.7 Å². The molecule has 1 N–H and O–H groups in total. The minimum absolute atomic E-state index is 0.0145. The second-order valence-electron chi connectivity index (χ2n) is 5.17. The van der Waals surface area contributed by atoms with E-state index in [0.29, 0.717) is 23.1 Å². The minimum Gasteiger partial charge on any atom is -0.493 e. The van der Waals surface area contributed by atoms with Gasteiger partial charge in [-0.3, -0.25) is 4.79 Å². The van der Waals surface area contributed by atoms with E-state index in [1.54, 1.807) is 26.4 Å². The molecule has 1 aromatic carbocycles. The van der Waals surface area contributed by atoms with Gasteiger partial charge in [0.1, 0.15) is 0 Å². The molecule has 116 valence electrons. The third-order valence-electron chi connectivity index (χ3n) is 3.91. The van der Waals surface area contributed by atoms with Crippen molar-refractivity contribution in [2.45, 2.75) is 25.8 Å². The third-order valence-corrected chi connectivity index (χ3v) is 3.91. The Morgan fingerprint density at radius 2 is 2.00 bits per heavy atom. The van der Waals surface area contributed by atoms with E-state index >= 15 is 0 Å². The van der Waals surface area contributed by atoms with Crippen LogP contribution in [0.4, 0.5) is 0 Å². The topological polar surface area (TPSA) is 50.8 Å². The number of carbonyl (C=O) groups excluding carboxylic acids is 1. The first-order chi connectivity index (χ1) is 10.2. The van der Waals surface area contributed by atoms with Gasteiger partial charge in [0, 0.05) is 19.1 Å². The van der Waals surface area contributed by atoms with Gasteiger partial charge in [0.2, 0.25) is 0 Å². The summed E-state index contributed by atoms with van der Waals surface area (Å²) in [6.45, 7) is 4.63. The summed E-state index contributed by atoms with van der Waals surface area (Å²) in [7, 11) is 3.14. The molecule has 1 aliphatic heterocycles. The Bertz CT molecular complexity index is 482. The molecule has 5 heteroatoms. The first-order valence-electron chi connectivity index (χ1n) is 7.44. The van der Waals surface area contributed by atoms with E-state index in [0.717, 1.165) is 32.5 Å². The number of hydrogen-bond acceptors (Lipinski definition) is 4. The standard InChI is InChI=1S/C16H24N2O3/c1-4-17-12-8-10-18(11-9-12)16(19)13-6-5-7-14(20-2)15(13)21-3/h5-7,12,17H,4,8-11H2,1-3H3. The average Bonchev–Trinajstić information content (AvgIpc) is 2.54. The SMILES string of the molecule is CCNC1CCN(C(=O)c2cccc(OC)c2OC)CC1. The molecule has 0 bridgehead atoms. The van der Waals surface area contributed by atoms with E-state index in [1.165, 1.54) is 0 Å². The van der Waals surface area contributed by atoms with E-state index in [2.05, 4.69) is 12.2 Å². The van der Waals surface area contributed by atoms with Gasteiger partial charge in [0.25, 0.3) is 5.91 Å². The molecule has 1 aromatic rings. The van der Waals surface area contributed by atoms with Gasteiger partial charge < -0.3 is 19.7 Å². The van der Waals surface area contributed by atoms with Crippen molar-refractivity contribution in [2.75, 3.05) is 33.9 Å². The molecule has 0 radical (unpaired) electrons. The van der Waals surface area contributed by atoms with Gasteiger partial charge in [0.15, 0.2) is 11.5 Å². The number of ether oxygens (including phenoxy) is 2. The van der Waals surface area contributed by atoms with Crippen LogP contribution in [0.5, 0.6) is 11.5 Å². The van der Waals surface area contributed by atoms with E-state index in [1.807, 2.05) is 11.0 Å². The summed E-state index contributed by atoms with van der Waals surface area (Å²) in [5.41, 5.74) is 0.568. The molecule has 1 fully saturated rings. The summed E-state index contributed by atoms with van der Waals surface area (Å²) >= 11 is 0. The lowest BCUT2D eigenvalue weighted by Crippen LogP contribution is -2.44. The number of likely N-dealkylation sites (tertiary alicyclic amines) is 1. The normalized spacial score (nSPS) is 15.9. The highest BCUT2D eigenvalue weighted by molar-refractivity contribution is 5.97. The van der Waals surface area contributed by atoms with E-state index in [9.17, 15) is 4.79 Å². The van der Waals surface area contributed by atoms with Crippen LogP contribution in [0.1, 0.15) is 30.1 Å². The number of carbonyl (C=O) groups is 1. The summed E-state index contributed by atoms with van der Waals surface area (Å²) in [5.74, 6) is 1.12. The summed E-state index contributed by atoms with van der Waals surface area (Å²) < 4.78 is 10.6. The molecular weight excluding hydrogens is 268 g/mol. The molecule has 0 unspecified atom stereocenters.